The molecule has 2 N–H and O–H groups in total. The molecule has 1 unspecified atom stereocenters. The van der Waals surface area contributed by atoms with Crippen molar-refractivity contribution in [3.05, 3.63) is 35.4 Å². The molecule has 1 atom stereocenters. The minimum absolute atomic E-state index is 0.104. The number of β-amino-alcohol motifs (C(OH)–C–C–N with tert-alkyl or cyclic N) is 1. The number of hydrogen-bond donors (Lipinski definition) is 2. The van der Waals surface area contributed by atoms with Gasteiger partial charge in [0.05, 0.1) is 6.10 Å². The van der Waals surface area contributed by atoms with Gasteiger partial charge in [-0.05, 0) is 37.1 Å². The highest BCUT2D eigenvalue weighted by Crippen LogP contribution is 2.14. The summed E-state index contributed by atoms with van der Waals surface area (Å²) in [5, 5.41) is 18.2. The average molecular weight is 245 g/mol. The molecule has 3 nitrogen and oxygen atoms in total. The van der Waals surface area contributed by atoms with Crippen LogP contribution in [0.15, 0.2) is 24.3 Å². The molecule has 0 amide bonds. The van der Waals surface area contributed by atoms with E-state index in [0.717, 1.165) is 38.0 Å². The summed E-state index contributed by atoms with van der Waals surface area (Å²) < 4.78 is 0. The first kappa shape index (κ1) is 13.1. The van der Waals surface area contributed by atoms with Gasteiger partial charge < -0.3 is 10.2 Å². The number of aliphatic hydroxyl groups excluding tert-OH is 2. The van der Waals surface area contributed by atoms with Crippen LogP contribution in [-0.2, 0) is 6.54 Å². The highest BCUT2D eigenvalue weighted by atomic mass is 16.3. The summed E-state index contributed by atoms with van der Waals surface area (Å²) in [5.41, 5.74) is 2.16. The lowest BCUT2D eigenvalue weighted by atomic mass is 10.1. The van der Waals surface area contributed by atoms with Crippen LogP contribution in [0.25, 0.3) is 0 Å². The van der Waals surface area contributed by atoms with Crippen LogP contribution in [0.3, 0.4) is 0 Å². The molecule has 2 rings (SSSR count). The van der Waals surface area contributed by atoms with Crippen molar-refractivity contribution in [2.24, 2.45) is 0 Å². The van der Waals surface area contributed by atoms with Crippen molar-refractivity contribution in [3.63, 3.8) is 0 Å². The predicted molar refractivity (Wildman–Crippen MR) is 70.9 cm³/mol. The predicted octanol–water partition coefficient (Wildman–Crippen LogP) is 0.987. The van der Waals surface area contributed by atoms with Crippen LogP contribution >= 0.6 is 0 Å². The molecule has 1 aromatic rings. The van der Waals surface area contributed by atoms with Gasteiger partial charge >= 0.3 is 0 Å². The molecule has 1 aliphatic heterocycles. The lowest BCUT2D eigenvalue weighted by Crippen LogP contribution is -2.37. The fourth-order valence-corrected chi connectivity index (χ4v) is 2.27. The molecule has 1 aliphatic rings. The van der Waals surface area contributed by atoms with Gasteiger partial charge in [-0.25, -0.2) is 0 Å². The quantitative estimate of drug-likeness (QED) is 0.764. The van der Waals surface area contributed by atoms with Gasteiger partial charge in [-0.3, -0.25) is 4.90 Å². The molecule has 3 heteroatoms. The van der Waals surface area contributed by atoms with Crippen LogP contribution in [0.1, 0.15) is 24.0 Å². The fourth-order valence-electron chi connectivity index (χ4n) is 2.27. The van der Waals surface area contributed by atoms with E-state index in [9.17, 15) is 5.11 Å². The Morgan fingerprint density at radius 2 is 2.06 bits per heavy atom. The van der Waals surface area contributed by atoms with Gasteiger partial charge in [-0.1, -0.05) is 24.0 Å². The van der Waals surface area contributed by atoms with E-state index >= 15 is 0 Å². The second-order valence-corrected chi connectivity index (χ2v) is 4.69. The highest BCUT2D eigenvalue weighted by molar-refractivity contribution is 5.36. The maximum Gasteiger partial charge on any atom is 0.104 e. The Morgan fingerprint density at radius 1 is 1.28 bits per heavy atom. The number of piperidine rings is 1. The standard InChI is InChI=1S/C15H19NO2/c17-10-2-3-13-5-7-14(8-6-13)11-16-9-1-4-15(18)12-16/h5-8,15,17-18H,1,4,9-12H2. The average Bonchev–Trinajstić information content (AvgIpc) is 2.38. The van der Waals surface area contributed by atoms with Crippen molar-refractivity contribution < 1.29 is 10.2 Å². The topological polar surface area (TPSA) is 43.7 Å². The molecule has 0 saturated carbocycles. The maximum atomic E-state index is 9.62. The van der Waals surface area contributed by atoms with E-state index in [0.29, 0.717) is 0 Å². The summed E-state index contributed by atoms with van der Waals surface area (Å²) >= 11 is 0. The van der Waals surface area contributed by atoms with Crippen molar-refractivity contribution >= 4 is 0 Å². The molecule has 1 saturated heterocycles. The van der Waals surface area contributed by atoms with Gasteiger partial charge in [-0.15, -0.1) is 0 Å². The minimum atomic E-state index is -0.173. The Morgan fingerprint density at radius 3 is 2.72 bits per heavy atom. The van der Waals surface area contributed by atoms with Gasteiger partial charge in [0.15, 0.2) is 0 Å². The summed E-state index contributed by atoms with van der Waals surface area (Å²) in [6, 6.07) is 8.06. The Hall–Kier alpha value is -1.34. The Balaban J connectivity index is 1.93. The zero-order chi connectivity index (χ0) is 12.8. The SMILES string of the molecule is OCC#Cc1ccc(CN2CCCC(O)C2)cc1. The van der Waals surface area contributed by atoms with Crippen LogP contribution in [-0.4, -0.2) is 40.9 Å². The molecule has 0 aliphatic carbocycles. The first-order chi connectivity index (χ1) is 8.78. The zero-order valence-corrected chi connectivity index (χ0v) is 10.5. The Bertz CT molecular complexity index is 430. The summed E-state index contributed by atoms with van der Waals surface area (Å²) in [6.07, 6.45) is 1.82. The van der Waals surface area contributed by atoms with Gasteiger partial charge in [-0.2, -0.15) is 0 Å². The van der Waals surface area contributed by atoms with Gasteiger partial charge in [0.2, 0.25) is 0 Å². The third-order valence-electron chi connectivity index (χ3n) is 3.15. The first-order valence-electron chi connectivity index (χ1n) is 6.37. The van der Waals surface area contributed by atoms with E-state index in [1.165, 1.54) is 5.56 Å². The lowest BCUT2D eigenvalue weighted by molar-refractivity contribution is 0.0668. The molecule has 0 radical (unpaired) electrons. The summed E-state index contributed by atoms with van der Waals surface area (Å²) in [7, 11) is 0. The second kappa shape index (κ2) is 6.55. The zero-order valence-electron chi connectivity index (χ0n) is 10.5. The Kier molecular flexibility index (Phi) is 4.77. The Labute approximate surface area is 108 Å². The van der Waals surface area contributed by atoms with Crippen LogP contribution in [0, 0.1) is 11.8 Å². The van der Waals surface area contributed by atoms with Gasteiger partial charge in [0.1, 0.15) is 6.61 Å². The van der Waals surface area contributed by atoms with Gasteiger partial charge in [0.25, 0.3) is 0 Å². The number of aliphatic hydroxyl groups is 2. The van der Waals surface area contributed by atoms with Crippen molar-refractivity contribution in [2.75, 3.05) is 19.7 Å². The molecule has 18 heavy (non-hydrogen) atoms. The third-order valence-corrected chi connectivity index (χ3v) is 3.15. The number of likely N-dealkylation sites (tertiary alicyclic amines) is 1. The largest absolute Gasteiger partial charge is 0.392 e. The summed E-state index contributed by atoms with van der Waals surface area (Å²) in [6.45, 7) is 2.60. The monoisotopic (exact) mass is 245 g/mol. The number of rotatable bonds is 2. The van der Waals surface area contributed by atoms with Crippen molar-refractivity contribution in [3.8, 4) is 11.8 Å². The van der Waals surface area contributed by atoms with Crippen molar-refractivity contribution in [1.82, 2.24) is 4.90 Å². The number of benzene rings is 1. The molecule has 0 spiro atoms. The molecule has 0 aromatic heterocycles. The molecular weight excluding hydrogens is 226 g/mol. The van der Waals surface area contributed by atoms with Crippen LogP contribution in [0.2, 0.25) is 0 Å². The molecule has 1 heterocycles. The maximum absolute atomic E-state index is 9.62. The van der Waals surface area contributed by atoms with Crippen LogP contribution in [0.4, 0.5) is 0 Å². The van der Waals surface area contributed by atoms with E-state index in [-0.39, 0.29) is 12.7 Å². The molecule has 0 bridgehead atoms. The first-order valence-corrected chi connectivity index (χ1v) is 6.37. The smallest absolute Gasteiger partial charge is 0.104 e. The van der Waals surface area contributed by atoms with Crippen LogP contribution in [0.5, 0.6) is 0 Å². The summed E-state index contributed by atoms with van der Waals surface area (Å²) in [4.78, 5) is 2.28. The summed E-state index contributed by atoms with van der Waals surface area (Å²) in [5.74, 6) is 5.51. The van der Waals surface area contributed by atoms with Gasteiger partial charge in [0, 0.05) is 18.7 Å². The molecule has 1 aromatic carbocycles. The van der Waals surface area contributed by atoms with E-state index in [2.05, 4.69) is 28.9 Å². The molecular formula is C15H19NO2. The van der Waals surface area contributed by atoms with E-state index in [1.54, 1.807) is 0 Å². The lowest BCUT2D eigenvalue weighted by Gasteiger charge is -2.29. The van der Waals surface area contributed by atoms with Crippen LogP contribution < -0.4 is 0 Å². The normalized spacial score (nSPS) is 20.2. The number of hydrogen-bond acceptors (Lipinski definition) is 3. The van der Waals surface area contributed by atoms with E-state index in [4.69, 9.17) is 5.11 Å². The highest BCUT2D eigenvalue weighted by Gasteiger charge is 2.17. The fraction of sp³-hybridized carbons (Fsp3) is 0.467. The molecule has 96 valence electrons. The minimum Gasteiger partial charge on any atom is -0.392 e. The van der Waals surface area contributed by atoms with E-state index in [1.807, 2.05) is 12.1 Å². The third kappa shape index (κ3) is 3.85. The van der Waals surface area contributed by atoms with E-state index < -0.39 is 0 Å². The molecule has 1 fully saturated rings. The number of nitrogens with zero attached hydrogens (tertiary/aromatic N) is 1. The van der Waals surface area contributed by atoms with Crippen molar-refractivity contribution in [1.29, 1.82) is 0 Å². The second-order valence-electron chi connectivity index (χ2n) is 4.69. The van der Waals surface area contributed by atoms with Crippen molar-refractivity contribution in [2.45, 2.75) is 25.5 Å².